The van der Waals surface area contributed by atoms with Crippen molar-refractivity contribution < 1.29 is 52.4 Å². The molecule has 2 heterocycles. The van der Waals surface area contributed by atoms with E-state index in [0.717, 1.165) is 30.8 Å². The lowest BCUT2D eigenvalue weighted by Crippen LogP contribution is -2.40. The normalized spacial score (nSPS) is 12.4. The van der Waals surface area contributed by atoms with E-state index in [1.54, 1.807) is 40.2 Å². The fourth-order valence-corrected chi connectivity index (χ4v) is 5.86. The molecule has 2 aromatic carbocycles. The first-order chi connectivity index (χ1) is 26.5. The van der Waals surface area contributed by atoms with Gasteiger partial charge in [-0.05, 0) is 49.3 Å². The number of carboxylic acid groups (broad SMARTS) is 2. The Labute approximate surface area is 323 Å². The van der Waals surface area contributed by atoms with Gasteiger partial charge in [0.2, 0.25) is 5.91 Å². The number of halogens is 4. The van der Waals surface area contributed by atoms with Crippen molar-refractivity contribution in [2.45, 2.75) is 69.6 Å². The van der Waals surface area contributed by atoms with Crippen LogP contribution in [0, 0.1) is 5.82 Å². The van der Waals surface area contributed by atoms with Crippen molar-refractivity contribution in [2.75, 3.05) is 26.2 Å². The number of thioether (sulfide) groups is 1. The SMILES string of the molecule is CCc1cn(CC(=O)N(CCN(CC)CC)Cc2cnc(-c3ccc(C(F)(F)F)cc3)nc2)c(SCc2ccc(F)cc2)nc1=O.O=C(O)C(O)C(O)C(=O)O. The Bertz CT molecular complexity index is 1940. The van der Waals surface area contributed by atoms with Crippen molar-refractivity contribution in [3.05, 3.63) is 106 Å². The number of amides is 1. The molecule has 2 atom stereocenters. The molecule has 0 bridgehead atoms. The van der Waals surface area contributed by atoms with E-state index >= 15 is 0 Å². The third-order valence-corrected chi connectivity index (χ3v) is 9.35. The number of rotatable bonds is 17. The minimum atomic E-state index is -4.43. The number of carbonyl (C=O) groups excluding carboxylic acids is 1. The van der Waals surface area contributed by atoms with Crippen LogP contribution < -0.4 is 5.56 Å². The molecule has 302 valence electrons. The van der Waals surface area contributed by atoms with E-state index in [1.807, 2.05) is 20.8 Å². The summed E-state index contributed by atoms with van der Waals surface area (Å²) >= 11 is 1.29. The van der Waals surface area contributed by atoms with Crippen LogP contribution in [-0.2, 0) is 45.8 Å². The fourth-order valence-electron chi connectivity index (χ4n) is 4.94. The highest BCUT2D eigenvalue weighted by atomic mass is 32.2. The average molecular weight is 807 g/mol. The monoisotopic (exact) mass is 806 g/mol. The van der Waals surface area contributed by atoms with Crippen LogP contribution in [0.3, 0.4) is 0 Å². The standard InChI is InChI=1S/C33H36F4N6O2S.C4H6O6/c1-4-25-20-43(32(40-31(25)45)46-22-23-7-13-28(34)14-8-23)21-29(44)42(16-15-41(5-2)6-3)19-24-17-38-30(39-18-24)26-9-11-27(12-10-26)33(35,36)37;5-1(3(7)8)2(6)4(9)10/h7-14,17-18,20H,4-6,15-16,19,21-22H2,1-3H3;1-2,5-6H,(H,7,8)(H,9,10). The van der Waals surface area contributed by atoms with Gasteiger partial charge in [-0.1, -0.05) is 56.8 Å². The summed E-state index contributed by atoms with van der Waals surface area (Å²) in [6, 6.07) is 10.7. The summed E-state index contributed by atoms with van der Waals surface area (Å²) < 4.78 is 53.9. The highest BCUT2D eigenvalue weighted by Gasteiger charge is 2.30. The molecular formula is C37H42F4N6O8S. The molecule has 0 saturated carbocycles. The topological polar surface area (TPSA) is 199 Å². The maximum atomic E-state index is 13.9. The summed E-state index contributed by atoms with van der Waals surface area (Å²) in [5, 5.41) is 32.9. The van der Waals surface area contributed by atoms with Gasteiger partial charge in [0, 0.05) is 60.7 Å². The summed E-state index contributed by atoms with van der Waals surface area (Å²) in [6.45, 7) is 8.79. The molecule has 0 aliphatic carbocycles. The van der Waals surface area contributed by atoms with Crippen molar-refractivity contribution in [3.8, 4) is 11.4 Å². The summed E-state index contributed by atoms with van der Waals surface area (Å²) in [4.78, 5) is 62.9. The number of carbonyl (C=O) groups is 3. The van der Waals surface area contributed by atoms with Gasteiger partial charge in [-0.2, -0.15) is 18.2 Å². The van der Waals surface area contributed by atoms with Crippen LogP contribution in [0.1, 0.15) is 43.0 Å². The number of aromatic nitrogens is 4. The number of aliphatic carboxylic acids is 2. The lowest BCUT2D eigenvalue weighted by atomic mass is 10.1. The van der Waals surface area contributed by atoms with Crippen LogP contribution >= 0.6 is 11.8 Å². The zero-order chi connectivity index (χ0) is 41.6. The smallest absolute Gasteiger partial charge is 0.416 e. The van der Waals surface area contributed by atoms with E-state index in [1.165, 1.54) is 36.0 Å². The molecule has 14 nitrogen and oxygen atoms in total. The lowest BCUT2D eigenvalue weighted by Gasteiger charge is -2.27. The highest BCUT2D eigenvalue weighted by molar-refractivity contribution is 7.98. The van der Waals surface area contributed by atoms with Gasteiger partial charge in [0.15, 0.2) is 23.2 Å². The molecule has 4 N–H and O–H groups in total. The number of hydrogen-bond acceptors (Lipinski definition) is 11. The molecule has 0 aliphatic rings. The van der Waals surface area contributed by atoms with Gasteiger partial charge in [0.05, 0.1) is 5.56 Å². The number of carboxylic acids is 2. The van der Waals surface area contributed by atoms with Crippen LogP contribution in [0.25, 0.3) is 11.4 Å². The minimum absolute atomic E-state index is 0.0607. The van der Waals surface area contributed by atoms with Crippen molar-refractivity contribution in [3.63, 3.8) is 0 Å². The van der Waals surface area contributed by atoms with Crippen molar-refractivity contribution in [1.29, 1.82) is 0 Å². The molecule has 0 spiro atoms. The van der Waals surface area contributed by atoms with Crippen LogP contribution in [0.5, 0.6) is 0 Å². The molecule has 56 heavy (non-hydrogen) atoms. The van der Waals surface area contributed by atoms with Crippen molar-refractivity contribution >= 4 is 29.6 Å². The number of aryl methyl sites for hydroxylation is 1. The number of alkyl halides is 3. The second-order valence-electron chi connectivity index (χ2n) is 12.1. The van der Waals surface area contributed by atoms with Gasteiger partial charge in [-0.25, -0.2) is 23.9 Å². The van der Waals surface area contributed by atoms with E-state index in [2.05, 4.69) is 19.9 Å². The van der Waals surface area contributed by atoms with E-state index in [-0.39, 0.29) is 36.2 Å². The van der Waals surface area contributed by atoms with Crippen LogP contribution in [0.15, 0.2) is 77.1 Å². The molecule has 19 heteroatoms. The highest BCUT2D eigenvalue weighted by Crippen LogP contribution is 2.30. The molecule has 0 radical (unpaired) electrons. The number of benzene rings is 2. The van der Waals surface area contributed by atoms with Crippen LogP contribution in [-0.4, -0.2) is 106 Å². The molecule has 2 aromatic heterocycles. The summed E-state index contributed by atoms with van der Waals surface area (Å²) in [5.74, 6) is -3.38. The first-order valence-electron chi connectivity index (χ1n) is 17.2. The maximum Gasteiger partial charge on any atom is 0.416 e. The van der Waals surface area contributed by atoms with E-state index < -0.39 is 35.9 Å². The first kappa shape index (κ1) is 45.2. The van der Waals surface area contributed by atoms with Crippen LogP contribution in [0.2, 0.25) is 0 Å². The fraction of sp³-hybridized carbons (Fsp3) is 0.378. The van der Waals surface area contributed by atoms with Crippen molar-refractivity contribution in [2.24, 2.45) is 0 Å². The lowest BCUT2D eigenvalue weighted by molar-refractivity contribution is -0.165. The third-order valence-electron chi connectivity index (χ3n) is 8.28. The molecule has 0 aliphatic heterocycles. The number of aliphatic hydroxyl groups is 2. The third kappa shape index (κ3) is 13.5. The number of aliphatic hydroxyl groups excluding tert-OH is 2. The second kappa shape index (κ2) is 21.2. The zero-order valence-corrected chi connectivity index (χ0v) is 31.5. The Morgan fingerprint density at radius 3 is 1.93 bits per heavy atom. The Kier molecular flexibility index (Phi) is 17.1. The van der Waals surface area contributed by atoms with Crippen molar-refractivity contribution in [1.82, 2.24) is 29.3 Å². The van der Waals surface area contributed by atoms with Gasteiger partial charge >= 0.3 is 18.1 Å². The molecule has 0 fully saturated rings. The Hall–Kier alpha value is -5.24. The van der Waals surface area contributed by atoms with E-state index in [4.69, 9.17) is 20.4 Å². The molecule has 1 amide bonds. The van der Waals surface area contributed by atoms with E-state index in [0.29, 0.717) is 47.1 Å². The minimum Gasteiger partial charge on any atom is -0.479 e. The Morgan fingerprint density at radius 1 is 0.857 bits per heavy atom. The average Bonchev–Trinajstić information content (AvgIpc) is 3.17. The van der Waals surface area contributed by atoms with E-state index in [9.17, 15) is 36.7 Å². The quantitative estimate of drug-likeness (QED) is 0.0680. The predicted octanol–water partition coefficient (Wildman–Crippen LogP) is 3.96. The van der Waals surface area contributed by atoms with Gasteiger partial charge in [0.25, 0.3) is 5.56 Å². The zero-order valence-electron chi connectivity index (χ0n) is 30.7. The first-order valence-corrected chi connectivity index (χ1v) is 18.2. The number of hydrogen-bond donors (Lipinski definition) is 4. The number of nitrogens with zero attached hydrogens (tertiary/aromatic N) is 6. The van der Waals surface area contributed by atoms with Gasteiger partial charge in [-0.3, -0.25) is 9.59 Å². The molecule has 4 aromatic rings. The maximum absolute atomic E-state index is 13.9. The van der Waals surface area contributed by atoms with Gasteiger partial charge in [0.1, 0.15) is 12.4 Å². The molecule has 4 rings (SSSR count). The molecule has 0 saturated heterocycles. The summed E-state index contributed by atoms with van der Waals surface area (Å²) in [5.41, 5.74) is 1.33. The van der Waals surface area contributed by atoms with Gasteiger partial charge < -0.3 is 34.8 Å². The summed E-state index contributed by atoms with van der Waals surface area (Å²) in [6.07, 6.45) is -3.71. The van der Waals surface area contributed by atoms with Crippen LogP contribution in [0.4, 0.5) is 17.6 Å². The Balaban J connectivity index is 0.000000739. The summed E-state index contributed by atoms with van der Waals surface area (Å²) in [7, 11) is 0. The van der Waals surface area contributed by atoms with Gasteiger partial charge in [-0.15, -0.1) is 0 Å². The molecular weight excluding hydrogens is 765 g/mol. The molecule has 2 unspecified atom stereocenters. The Morgan fingerprint density at radius 2 is 1.43 bits per heavy atom. The largest absolute Gasteiger partial charge is 0.479 e. The second-order valence-corrected chi connectivity index (χ2v) is 13.1. The predicted molar refractivity (Wildman–Crippen MR) is 197 cm³/mol. The number of likely N-dealkylation sites (N-methyl/N-ethyl adjacent to an activating group) is 1.